The summed E-state index contributed by atoms with van der Waals surface area (Å²) in [7, 11) is 0. The summed E-state index contributed by atoms with van der Waals surface area (Å²) in [6.07, 6.45) is 4.48. The molecule has 0 amide bonds. The van der Waals surface area contributed by atoms with Gasteiger partial charge in [-0.1, -0.05) is 19.8 Å². The third-order valence-electron chi connectivity index (χ3n) is 2.58. The van der Waals surface area contributed by atoms with Crippen molar-refractivity contribution in [3.8, 4) is 0 Å². The van der Waals surface area contributed by atoms with Crippen molar-refractivity contribution >= 4 is 0 Å². The summed E-state index contributed by atoms with van der Waals surface area (Å²) in [5.74, 6) is 0. The predicted molar refractivity (Wildman–Crippen MR) is 50.1 cm³/mol. The average Bonchev–Trinajstić information content (AvgIpc) is 2.31. The van der Waals surface area contributed by atoms with Crippen LogP contribution in [-0.2, 0) is 0 Å². The van der Waals surface area contributed by atoms with Gasteiger partial charge in [-0.25, -0.2) is 4.39 Å². The number of rotatable bonds is 4. The fraction of sp³-hybridized carbons (Fsp3) is 1.00. The van der Waals surface area contributed by atoms with E-state index >= 15 is 0 Å². The van der Waals surface area contributed by atoms with Crippen molar-refractivity contribution in [3.63, 3.8) is 0 Å². The van der Waals surface area contributed by atoms with Crippen LogP contribution in [0.15, 0.2) is 0 Å². The Hall–Kier alpha value is -0.110. The predicted octanol–water partition coefficient (Wildman–Crippen LogP) is 2.61. The lowest BCUT2D eigenvalue weighted by Crippen LogP contribution is -2.26. The molecular weight excluding hydrogens is 153 g/mol. The minimum atomic E-state index is -0.911. The Bertz CT molecular complexity index is 134. The number of nitrogens with zero attached hydrogens (tertiary/aromatic N) is 1. The molecule has 0 aromatic carbocycles. The smallest absolute Gasteiger partial charge is 0.122 e. The van der Waals surface area contributed by atoms with Crippen molar-refractivity contribution in [1.29, 1.82) is 0 Å². The molecule has 1 saturated heterocycles. The van der Waals surface area contributed by atoms with Gasteiger partial charge in [0.1, 0.15) is 5.67 Å². The van der Waals surface area contributed by atoms with Crippen molar-refractivity contribution in [2.24, 2.45) is 0 Å². The minimum Gasteiger partial charge on any atom is -0.300 e. The number of unbranched alkanes of at least 4 members (excludes halogenated alkanes) is 2. The van der Waals surface area contributed by atoms with Gasteiger partial charge in [-0.2, -0.15) is 0 Å². The van der Waals surface area contributed by atoms with E-state index in [1.807, 2.05) is 0 Å². The van der Waals surface area contributed by atoms with Crippen molar-refractivity contribution < 1.29 is 4.39 Å². The number of hydrogen-bond acceptors (Lipinski definition) is 1. The Labute approximate surface area is 74.9 Å². The topological polar surface area (TPSA) is 3.24 Å². The van der Waals surface area contributed by atoms with Crippen LogP contribution in [0.5, 0.6) is 0 Å². The van der Waals surface area contributed by atoms with Gasteiger partial charge in [0.25, 0.3) is 0 Å². The van der Waals surface area contributed by atoms with Crippen molar-refractivity contribution in [2.45, 2.75) is 45.2 Å². The number of hydrogen-bond donors (Lipinski definition) is 0. The van der Waals surface area contributed by atoms with Gasteiger partial charge in [-0.15, -0.1) is 0 Å². The first-order valence-corrected chi connectivity index (χ1v) is 5.05. The van der Waals surface area contributed by atoms with Crippen LogP contribution in [0.3, 0.4) is 0 Å². The first kappa shape index (κ1) is 9.97. The molecule has 1 atom stereocenters. The maximum Gasteiger partial charge on any atom is 0.122 e. The standard InChI is InChI=1S/C10H20FN/c1-3-4-5-7-12-8-6-10(2,11)9-12/h3-9H2,1-2H3. The van der Waals surface area contributed by atoms with Crippen LogP contribution in [0.1, 0.15) is 39.5 Å². The molecule has 12 heavy (non-hydrogen) atoms. The third kappa shape index (κ3) is 3.10. The first-order valence-electron chi connectivity index (χ1n) is 5.05. The van der Waals surface area contributed by atoms with Crippen LogP contribution in [0.4, 0.5) is 4.39 Å². The van der Waals surface area contributed by atoms with E-state index in [1.165, 1.54) is 19.3 Å². The van der Waals surface area contributed by atoms with Crippen LogP contribution in [-0.4, -0.2) is 30.2 Å². The van der Waals surface area contributed by atoms with Crippen LogP contribution < -0.4 is 0 Å². The van der Waals surface area contributed by atoms with E-state index < -0.39 is 5.67 Å². The summed E-state index contributed by atoms with van der Waals surface area (Å²) in [5, 5.41) is 0. The summed E-state index contributed by atoms with van der Waals surface area (Å²) in [4.78, 5) is 2.25. The molecule has 1 unspecified atom stereocenters. The van der Waals surface area contributed by atoms with Crippen LogP contribution in [0.2, 0.25) is 0 Å². The number of halogens is 1. The van der Waals surface area contributed by atoms with Crippen LogP contribution >= 0.6 is 0 Å². The highest BCUT2D eigenvalue weighted by Gasteiger charge is 2.32. The molecule has 0 aromatic heterocycles. The van der Waals surface area contributed by atoms with E-state index in [2.05, 4.69) is 11.8 Å². The molecule has 0 spiro atoms. The zero-order valence-electron chi connectivity index (χ0n) is 8.27. The van der Waals surface area contributed by atoms with Crippen molar-refractivity contribution in [2.75, 3.05) is 19.6 Å². The van der Waals surface area contributed by atoms with E-state index in [0.29, 0.717) is 6.54 Å². The van der Waals surface area contributed by atoms with Gasteiger partial charge in [-0.3, -0.25) is 0 Å². The molecule has 0 aromatic rings. The van der Waals surface area contributed by atoms with Gasteiger partial charge >= 0.3 is 0 Å². The zero-order chi connectivity index (χ0) is 9.03. The molecule has 1 fully saturated rings. The SMILES string of the molecule is CCCCCN1CCC(C)(F)C1. The lowest BCUT2D eigenvalue weighted by molar-refractivity contribution is 0.188. The van der Waals surface area contributed by atoms with Crippen LogP contribution in [0.25, 0.3) is 0 Å². The van der Waals surface area contributed by atoms with Gasteiger partial charge in [0, 0.05) is 13.1 Å². The molecular formula is C10H20FN. The quantitative estimate of drug-likeness (QED) is 0.591. The molecule has 2 heteroatoms. The van der Waals surface area contributed by atoms with E-state index in [9.17, 15) is 4.39 Å². The second-order valence-electron chi connectivity index (χ2n) is 4.15. The molecule has 1 nitrogen and oxygen atoms in total. The van der Waals surface area contributed by atoms with Gasteiger partial charge < -0.3 is 4.90 Å². The van der Waals surface area contributed by atoms with Crippen molar-refractivity contribution in [3.05, 3.63) is 0 Å². The Morgan fingerprint density at radius 1 is 1.42 bits per heavy atom. The van der Waals surface area contributed by atoms with Crippen molar-refractivity contribution in [1.82, 2.24) is 4.90 Å². The highest BCUT2D eigenvalue weighted by molar-refractivity contribution is 4.86. The Balaban J connectivity index is 2.11. The molecule has 1 aliphatic heterocycles. The molecule has 1 heterocycles. The Kier molecular flexibility index (Phi) is 3.51. The summed E-state index contributed by atoms with van der Waals surface area (Å²) >= 11 is 0. The monoisotopic (exact) mass is 173 g/mol. The largest absolute Gasteiger partial charge is 0.300 e. The Morgan fingerprint density at radius 2 is 2.17 bits per heavy atom. The Morgan fingerprint density at radius 3 is 2.67 bits per heavy atom. The van der Waals surface area contributed by atoms with E-state index in [-0.39, 0.29) is 0 Å². The summed E-state index contributed by atoms with van der Waals surface area (Å²) in [6.45, 7) is 6.61. The highest BCUT2D eigenvalue weighted by atomic mass is 19.1. The number of likely N-dealkylation sites (tertiary alicyclic amines) is 1. The van der Waals surface area contributed by atoms with Gasteiger partial charge in [0.15, 0.2) is 0 Å². The van der Waals surface area contributed by atoms with Gasteiger partial charge in [-0.05, 0) is 26.3 Å². The summed E-state index contributed by atoms with van der Waals surface area (Å²) in [6, 6.07) is 0. The molecule has 1 rings (SSSR count). The first-order chi connectivity index (χ1) is 5.64. The molecule has 1 aliphatic rings. The second-order valence-corrected chi connectivity index (χ2v) is 4.15. The number of alkyl halides is 1. The summed E-state index contributed by atoms with van der Waals surface area (Å²) in [5.41, 5.74) is -0.911. The zero-order valence-corrected chi connectivity index (χ0v) is 8.27. The van der Waals surface area contributed by atoms with E-state index in [0.717, 1.165) is 19.5 Å². The second kappa shape index (κ2) is 4.22. The minimum absolute atomic E-state index is 0.650. The van der Waals surface area contributed by atoms with E-state index in [1.54, 1.807) is 6.92 Å². The fourth-order valence-corrected chi connectivity index (χ4v) is 1.79. The van der Waals surface area contributed by atoms with E-state index in [4.69, 9.17) is 0 Å². The third-order valence-corrected chi connectivity index (χ3v) is 2.58. The normalized spacial score (nSPS) is 31.2. The lowest BCUT2D eigenvalue weighted by Gasteiger charge is -2.16. The van der Waals surface area contributed by atoms with Gasteiger partial charge in [0.2, 0.25) is 0 Å². The molecule has 0 aliphatic carbocycles. The summed E-state index contributed by atoms with van der Waals surface area (Å²) < 4.78 is 13.3. The van der Waals surface area contributed by atoms with Gasteiger partial charge in [0.05, 0.1) is 0 Å². The van der Waals surface area contributed by atoms with Crippen LogP contribution in [0, 0.1) is 0 Å². The highest BCUT2D eigenvalue weighted by Crippen LogP contribution is 2.24. The molecule has 0 saturated carbocycles. The average molecular weight is 173 g/mol. The lowest BCUT2D eigenvalue weighted by atomic mass is 10.1. The molecule has 0 bridgehead atoms. The fourth-order valence-electron chi connectivity index (χ4n) is 1.79. The molecule has 0 N–H and O–H groups in total. The molecule has 0 radical (unpaired) electrons. The molecule has 72 valence electrons. The maximum atomic E-state index is 13.3. The maximum absolute atomic E-state index is 13.3.